The third kappa shape index (κ3) is 3.00. The Balaban J connectivity index is 1.81. The SMILES string of the molecule is O=CC(CO)Cc1ccc(-c2noc(C3CC3)n2)c(F)c1. The fourth-order valence-electron chi connectivity index (χ4n) is 2.17. The molecule has 1 heterocycles. The zero-order valence-electron chi connectivity index (χ0n) is 11.3. The van der Waals surface area contributed by atoms with Crippen LogP contribution in [0.2, 0.25) is 0 Å². The van der Waals surface area contributed by atoms with Gasteiger partial charge in [-0.3, -0.25) is 0 Å². The van der Waals surface area contributed by atoms with Crippen LogP contribution in [0.5, 0.6) is 0 Å². The molecule has 2 aromatic rings. The van der Waals surface area contributed by atoms with Crippen molar-refractivity contribution in [3.05, 3.63) is 35.5 Å². The van der Waals surface area contributed by atoms with E-state index in [1.54, 1.807) is 12.1 Å². The molecule has 110 valence electrons. The van der Waals surface area contributed by atoms with E-state index in [2.05, 4.69) is 10.1 Å². The number of aromatic nitrogens is 2. The summed E-state index contributed by atoms with van der Waals surface area (Å²) in [5.41, 5.74) is 0.925. The van der Waals surface area contributed by atoms with Crippen LogP contribution in [-0.2, 0) is 11.2 Å². The average Bonchev–Trinajstić information content (AvgIpc) is 3.23. The van der Waals surface area contributed by atoms with Crippen molar-refractivity contribution in [2.45, 2.75) is 25.2 Å². The summed E-state index contributed by atoms with van der Waals surface area (Å²) >= 11 is 0. The van der Waals surface area contributed by atoms with E-state index in [-0.39, 0.29) is 18.0 Å². The summed E-state index contributed by atoms with van der Waals surface area (Å²) in [5, 5.41) is 12.8. The predicted octanol–water partition coefficient (Wildman–Crippen LogP) is 2.10. The fourth-order valence-corrected chi connectivity index (χ4v) is 2.17. The molecule has 3 rings (SSSR count). The molecule has 1 saturated carbocycles. The summed E-state index contributed by atoms with van der Waals surface area (Å²) in [5.74, 6) is 0.163. The number of hydrogen-bond acceptors (Lipinski definition) is 5. The maximum absolute atomic E-state index is 14.1. The van der Waals surface area contributed by atoms with E-state index in [9.17, 15) is 9.18 Å². The molecule has 1 aliphatic carbocycles. The molecule has 1 aromatic heterocycles. The molecule has 5 nitrogen and oxygen atoms in total. The van der Waals surface area contributed by atoms with Gasteiger partial charge in [0.05, 0.1) is 12.2 Å². The van der Waals surface area contributed by atoms with Crippen LogP contribution in [-0.4, -0.2) is 28.1 Å². The highest BCUT2D eigenvalue weighted by Crippen LogP contribution is 2.39. The van der Waals surface area contributed by atoms with Crippen molar-refractivity contribution in [1.29, 1.82) is 0 Å². The number of aliphatic hydroxyl groups excluding tert-OH is 1. The van der Waals surface area contributed by atoms with Gasteiger partial charge in [0, 0.05) is 11.8 Å². The van der Waals surface area contributed by atoms with Crippen LogP contribution in [0.15, 0.2) is 22.7 Å². The highest BCUT2D eigenvalue weighted by Gasteiger charge is 2.30. The van der Waals surface area contributed by atoms with Gasteiger partial charge in [-0.1, -0.05) is 11.2 Å². The van der Waals surface area contributed by atoms with Crippen LogP contribution in [0, 0.1) is 11.7 Å². The summed E-state index contributed by atoms with van der Waals surface area (Å²) < 4.78 is 19.3. The van der Waals surface area contributed by atoms with E-state index in [1.165, 1.54) is 6.07 Å². The Morgan fingerprint density at radius 3 is 2.90 bits per heavy atom. The molecule has 6 heteroatoms. The number of carbonyl (C=O) groups excluding carboxylic acids is 1. The number of halogens is 1. The second-order valence-corrected chi connectivity index (χ2v) is 5.33. The van der Waals surface area contributed by atoms with Gasteiger partial charge in [0.25, 0.3) is 0 Å². The zero-order chi connectivity index (χ0) is 14.8. The highest BCUT2D eigenvalue weighted by molar-refractivity contribution is 5.57. The lowest BCUT2D eigenvalue weighted by Gasteiger charge is -2.07. The van der Waals surface area contributed by atoms with E-state index < -0.39 is 11.7 Å². The van der Waals surface area contributed by atoms with Crippen molar-refractivity contribution in [3.63, 3.8) is 0 Å². The van der Waals surface area contributed by atoms with Crippen molar-refractivity contribution < 1.29 is 18.8 Å². The smallest absolute Gasteiger partial charge is 0.230 e. The second-order valence-electron chi connectivity index (χ2n) is 5.33. The number of aliphatic hydroxyl groups is 1. The van der Waals surface area contributed by atoms with Crippen LogP contribution in [0.4, 0.5) is 4.39 Å². The molecule has 0 aliphatic heterocycles. The molecule has 0 saturated heterocycles. The van der Waals surface area contributed by atoms with Gasteiger partial charge in [0.1, 0.15) is 12.1 Å². The molecule has 1 unspecified atom stereocenters. The maximum Gasteiger partial charge on any atom is 0.230 e. The molecule has 0 bridgehead atoms. The van der Waals surface area contributed by atoms with Crippen LogP contribution in [0.25, 0.3) is 11.4 Å². The lowest BCUT2D eigenvalue weighted by molar-refractivity contribution is -0.112. The first-order valence-electron chi connectivity index (χ1n) is 6.90. The Labute approximate surface area is 120 Å². The molecule has 1 atom stereocenters. The third-order valence-electron chi connectivity index (χ3n) is 3.57. The summed E-state index contributed by atoms with van der Waals surface area (Å²) in [7, 11) is 0. The van der Waals surface area contributed by atoms with Gasteiger partial charge in [-0.05, 0) is 37.0 Å². The minimum Gasteiger partial charge on any atom is -0.396 e. The van der Waals surface area contributed by atoms with Gasteiger partial charge in [0.15, 0.2) is 0 Å². The van der Waals surface area contributed by atoms with Crippen LogP contribution in [0.3, 0.4) is 0 Å². The predicted molar refractivity (Wildman–Crippen MR) is 72.0 cm³/mol. The molecule has 21 heavy (non-hydrogen) atoms. The first-order chi connectivity index (χ1) is 10.2. The maximum atomic E-state index is 14.1. The molecule has 0 spiro atoms. The molecule has 1 aliphatic rings. The lowest BCUT2D eigenvalue weighted by Crippen LogP contribution is -2.11. The number of rotatable bonds is 6. The van der Waals surface area contributed by atoms with Crippen LogP contribution < -0.4 is 0 Å². The van der Waals surface area contributed by atoms with Crippen LogP contribution in [0.1, 0.15) is 30.2 Å². The van der Waals surface area contributed by atoms with Gasteiger partial charge in [-0.25, -0.2) is 4.39 Å². The van der Waals surface area contributed by atoms with E-state index in [1.807, 2.05) is 0 Å². The molecular weight excluding hydrogens is 275 g/mol. The number of carbonyl (C=O) groups is 1. The van der Waals surface area contributed by atoms with Crippen molar-refractivity contribution in [1.82, 2.24) is 10.1 Å². The van der Waals surface area contributed by atoms with E-state index in [0.717, 1.165) is 12.8 Å². The minimum atomic E-state index is -0.512. The largest absolute Gasteiger partial charge is 0.396 e. The zero-order valence-corrected chi connectivity index (χ0v) is 11.3. The minimum absolute atomic E-state index is 0.245. The molecule has 0 amide bonds. The third-order valence-corrected chi connectivity index (χ3v) is 3.57. The summed E-state index contributed by atoms with van der Waals surface area (Å²) in [6, 6.07) is 4.62. The molecule has 1 fully saturated rings. The van der Waals surface area contributed by atoms with Gasteiger partial charge in [-0.2, -0.15) is 4.98 Å². The van der Waals surface area contributed by atoms with Crippen molar-refractivity contribution in [3.8, 4) is 11.4 Å². The van der Waals surface area contributed by atoms with Crippen LogP contribution >= 0.6 is 0 Å². The van der Waals surface area contributed by atoms with E-state index in [4.69, 9.17) is 9.63 Å². The average molecular weight is 290 g/mol. The van der Waals surface area contributed by atoms with E-state index >= 15 is 0 Å². The fraction of sp³-hybridized carbons (Fsp3) is 0.400. The summed E-state index contributed by atoms with van der Waals surface area (Å²) in [6.07, 6.45) is 3.05. The Morgan fingerprint density at radius 2 is 2.29 bits per heavy atom. The van der Waals surface area contributed by atoms with Gasteiger partial charge in [0.2, 0.25) is 11.7 Å². The van der Waals surface area contributed by atoms with Gasteiger partial charge < -0.3 is 14.4 Å². The topological polar surface area (TPSA) is 76.2 Å². The quantitative estimate of drug-likeness (QED) is 0.824. The normalized spacial score (nSPS) is 15.9. The Hall–Kier alpha value is -2.08. The van der Waals surface area contributed by atoms with Crippen molar-refractivity contribution >= 4 is 6.29 Å². The number of aldehydes is 1. The monoisotopic (exact) mass is 290 g/mol. The number of benzene rings is 1. The Kier molecular flexibility index (Phi) is 3.79. The Morgan fingerprint density at radius 1 is 1.48 bits per heavy atom. The molecular formula is C15H15FN2O3. The molecule has 1 N–H and O–H groups in total. The summed E-state index contributed by atoms with van der Waals surface area (Å²) in [4.78, 5) is 14.9. The van der Waals surface area contributed by atoms with Gasteiger partial charge in [-0.15, -0.1) is 0 Å². The van der Waals surface area contributed by atoms with E-state index in [0.29, 0.717) is 30.1 Å². The molecule has 1 aromatic carbocycles. The molecule has 0 radical (unpaired) electrons. The standard InChI is InChI=1S/C15H15FN2O3/c16-13-6-9(5-10(7-19)8-20)1-4-12(13)14-17-15(21-18-14)11-2-3-11/h1,4,6-7,10-11,20H,2-3,5,8H2. The summed E-state index contributed by atoms with van der Waals surface area (Å²) in [6.45, 7) is -0.248. The number of hydrogen-bond donors (Lipinski definition) is 1. The lowest BCUT2D eigenvalue weighted by atomic mass is 10.00. The van der Waals surface area contributed by atoms with Crippen molar-refractivity contribution in [2.24, 2.45) is 5.92 Å². The van der Waals surface area contributed by atoms with Crippen molar-refractivity contribution in [2.75, 3.05) is 6.61 Å². The second kappa shape index (κ2) is 5.73. The highest BCUT2D eigenvalue weighted by atomic mass is 19.1. The van der Waals surface area contributed by atoms with Gasteiger partial charge >= 0.3 is 0 Å². The first-order valence-corrected chi connectivity index (χ1v) is 6.90. The Bertz CT molecular complexity index is 652. The number of nitrogens with zero attached hydrogens (tertiary/aromatic N) is 2. The first kappa shape index (κ1) is 13.9.